The van der Waals surface area contributed by atoms with E-state index in [1.54, 1.807) is 99.7 Å². The van der Waals surface area contributed by atoms with Crippen molar-refractivity contribution >= 4 is 68.6 Å². The molecule has 0 spiro atoms. The lowest BCUT2D eigenvalue weighted by Gasteiger charge is -2.39. The second-order valence-electron chi connectivity index (χ2n) is 33.8. The smallest absolute Gasteiger partial charge is 0.342 e. The Labute approximate surface area is 642 Å². The molecule has 0 aromatic heterocycles. The number of carboxylic acid groups (broad SMARTS) is 1. The number of carboxylic acids is 1. The highest BCUT2D eigenvalue weighted by Crippen LogP contribution is 2.41. The molecule has 0 saturated carbocycles. The number of benzene rings is 4. The summed E-state index contributed by atoms with van der Waals surface area (Å²) in [7, 11) is -3.24. The molecular weight excluding hydrogens is 1430 g/mol. The van der Waals surface area contributed by atoms with Gasteiger partial charge in [-0.25, -0.2) is 19.2 Å². The molecule has 2 fully saturated rings. The first kappa shape index (κ1) is 91.1. The van der Waals surface area contributed by atoms with Crippen molar-refractivity contribution in [1.82, 2.24) is 0 Å². The second-order valence-corrected chi connectivity index (χ2v) is 55.4. The number of ether oxygens (including phenoxy) is 13. The van der Waals surface area contributed by atoms with E-state index in [0.29, 0.717) is 72.2 Å². The van der Waals surface area contributed by atoms with Gasteiger partial charge in [0.1, 0.15) is 58.5 Å². The summed E-state index contributed by atoms with van der Waals surface area (Å²) in [6.45, 7) is 47.8. The van der Waals surface area contributed by atoms with Crippen LogP contribution in [0.3, 0.4) is 0 Å². The first-order valence-electron chi connectivity index (χ1n) is 37.4. The highest BCUT2D eigenvalue weighted by Gasteiger charge is 2.48. The molecule has 20 nitrogen and oxygen atoms in total. The molecule has 24 heteroatoms. The maximum absolute atomic E-state index is 13.9. The number of carbonyl (C=O) groups excluding carboxylic acids is 3. The fourth-order valence-corrected chi connectivity index (χ4v) is 14.6. The van der Waals surface area contributed by atoms with Gasteiger partial charge in [-0.1, -0.05) is 166 Å². The van der Waals surface area contributed by atoms with Crippen LogP contribution in [0.5, 0.6) is 23.0 Å². The van der Waals surface area contributed by atoms with Crippen molar-refractivity contribution in [3.63, 3.8) is 0 Å². The lowest BCUT2D eigenvalue weighted by molar-refractivity contribution is -0.153. The summed E-state index contributed by atoms with van der Waals surface area (Å²) in [6, 6.07) is 27.2. The van der Waals surface area contributed by atoms with Crippen molar-refractivity contribution in [1.29, 1.82) is 0 Å². The Morgan fingerprint density at radius 3 is 1.30 bits per heavy atom. The third-order valence-corrected chi connectivity index (χ3v) is 28.2. The van der Waals surface area contributed by atoms with E-state index < -0.39 is 111 Å². The molecule has 594 valence electrons. The predicted molar refractivity (Wildman–Crippen MR) is 433 cm³/mol. The van der Waals surface area contributed by atoms with Crippen molar-refractivity contribution in [2.45, 2.75) is 245 Å². The summed E-state index contributed by atoms with van der Waals surface area (Å²) in [5, 5.41) is 20.3. The van der Waals surface area contributed by atoms with Crippen LogP contribution in [-0.2, 0) is 47.1 Å². The van der Waals surface area contributed by atoms with Gasteiger partial charge in [0.15, 0.2) is 33.5 Å². The normalized spacial score (nSPS) is 19.4. The van der Waals surface area contributed by atoms with E-state index in [0.717, 1.165) is 18.1 Å². The van der Waals surface area contributed by atoms with Crippen molar-refractivity contribution in [2.24, 2.45) is 11.8 Å². The number of aromatic carboxylic acids is 1. The molecule has 10 atom stereocenters. The monoisotopic (exact) mass is 1550 g/mol. The predicted octanol–water partition coefficient (Wildman–Crippen LogP) is 18.4. The fourth-order valence-electron chi connectivity index (χ4n) is 10.9. The maximum Gasteiger partial charge on any atom is 0.342 e. The standard InChI is InChI=1S/C47H76O10Si3.C36H50O10Si/c1-34(35(2)57-60(15,16)46(3,4)5)25-26-39(54-44(48)36-21-18-17-19-22-36)43-40(55-47(6,7)56-43)24-20-23-37-31-38(51-27-29-58(9,10)11)32-41(53-33-50-8)42(37)45(49)52-28-30-59(12,13)14;1-24(25(2)37)17-18-29(44-35(40)26-13-10-9-11-14-26)33-30(45-36(3,4)46-33)16-12-15-27-21-28(42-19-20-47(6,7)8)22-31(43-23-41-5)32(27)34(38)39/h17-23,25-26,31-32,34-35,39-40,43H,24,27-30,33H2,1-16H3;9-15,17-18,21-22,24-25,29-30,33,37H,16,19-20,23H2,1-8H3,(H,38,39)/b23-20+,26-25-;15-12+,18-17-/t34-,35+,39?,40?,43?;24-,25+,29?,30?,33?/m11/s1. The average Bonchev–Trinajstić information content (AvgIpc) is 1.80. The molecule has 2 N–H and O–H groups in total. The van der Waals surface area contributed by atoms with E-state index in [4.69, 9.17) is 66.0 Å². The quantitative estimate of drug-likeness (QED) is 0.0139. The molecule has 4 aromatic carbocycles. The highest BCUT2D eigenvalue weighted by atomic mass is 28.4. The van der Waals surface area contributed by atoms with Crippen LogP contribution in [0.4, 0.5) is 0 Å². The van der Waals surface area contributed by atoms with Crippen LogP contribution in [0, 0.1) is 11.8 Å². The van der Waals surface area contributed by atoms with Gasteiger partial charge in [0.2, 0.25) is 0 Å². The Kier molecular flexibility index (Phi) is 34.9. The topological polar surface area (TPSA) is 238 Å². The first-order valence-corrected chi connectivity index (χ1v) is 51.4. The highest BCUT2D eigenvalue weighted by molar-refractivity contribution is 6.77. The summed E-state index contributed by atoms with van der Waals surface area (Å²) >= 11 is 0. The van der Waals surface area contributed by atoms with Crippen LogP contribution >= 0.6 is 0 Å². The van der Waals surface area contributed by atoms with Gasteiger partial charge < -0.3 is 76.2 Å². The van der Waals surface area contributed by atoms with Gasteiger partial charge in [-0.05, 0) is 162 Å². The summed E-state index contributed by atoms with van der Waals surface area (Å²) in [5.74, 6) is -3.23. The lowest BCUT2D eigenvalue weighted by atomic mass is 9.99. The van der Waals surface area contributed by atoms with E-state index in [9.17, 15) is 29.4 Å². The average molecular weight is 1560 g/mol. The third-order valence-electron chi connectivity index (χ3n) is 18.5. The number of hydrogen-bond donors (Lipinski definition) is 2. The number of carbonyl (C=O) groups is 4. The molecule has 0 aliphatic carbocycles. The molecule has 0 bridgehead atoms. The van der Waals surface area contributed by atoms with Gasteiger partial charge in [0, 0.05) is 56.7 Å². The number of aliphatic hydroxyl groups excluding tert-OH is 1. The van der Waals surface area contributed by atoms with Gasteiger partial charge in [-0.2, -0.15) is 0 Å². The molecule has 2 aliphatic rings. The van der Waals surface area contributed by atoms with E-state index in [1.807, 2.05) is 69.3 Å². The Balaban J connectivity index is 0.000000395. The van der Waals surface area contributed by atoms with Crippen molar-refractivity contribution in [2.75, 3.05) is 47.6 Å². The largest absolute Gasteiger partial charge is 0.494 e. The van der Waals surface area contributed by atoms with Crippen molar-refractivity contribution < 1.29 is 95.4 Å². The minimum absolute atomic E-state index is 0.0180. The van der Waals surface area contributed by atoms with Gasteiger partial charge in [0.25, 0.3) is 0 Å². The Morgan fingerprint density at radius 1 is 0.523 bits per heavy atom. The van der Waals surface area contributed by atoms with Crippen LogP contribution < -0.4 is 18.9 Å². The van der Waals surface area contributed by atoms with Crippen LogP contribution in [0.15, 0.2) is 121 Å². The zero-order valence-corrected chi connectivity index (χ0v) is 72.3. The van der Waals surface area contributed by atoms with Crippen LogP contribution in [0.2, 0.25) is 95.2 Å². The lowest BCUT2D eigenvalue weighted by Crippen LogP contribution is -2.44. The van der Waals surface area contributed by atoms with Crippen LogP contribution in [0.1, 0.15) is 142 Å². The molecule has 4 aromatic rings. The molecule has 2 saturated heterocycles. The van der Waals surface area contributed by atoms with Gasteiger partial charge in [-0.15, -0.1) is 0 Å². The van der Waals surface area contributed by atoms with Gasteiger partial charge >= 0.3 is 23.9 Å². The SMILES string of the molecule is COCOc1cc(OCC[Si](C)(C)C)cc(/C=C/CC2OC(C)(C)OC2C(/C=C\[C@@H](C)[C@H](C)O)OC(=O)c2ccccc2)c1C(=O)O.COCOc1cc(OCC[Si](C)(C)C)cc(/C=C/CC2OC(C)(C)OC2C(/C=C\[C@@H](C)[C@H](C)O[Si](C)(C)C(C)(C)C)OC(=O)c2ccccc2)c1C(=O)OCC[Si](C)(C)C. The molecule has 0 radical (unpaired) electrons. The number of rotatable bonds is 39. The van der Waals surface area contributed by atoms with Gasteiger partial charge in [-0.3, -0.25) is 0 Å². The van der Waals surface area contributed by atoms with E-state index in [2.05, 4.69) is 113 Å². The number of hydrogen-bond acceptors (Lipinski definition) is 19. The third kappa shape index (κ3) is 31.0. The first-order chi connectivity index (χ1) is 49.8. The number of esters is 3. The van der Waals surface area contributed by atoms with E-state index >= 15 is 0 Å². The number of methoxy groups -OCH3 is 2. The summed E-state index contributed by atoms with van der Waals surface area (Å²) in [5.41, 5.74) is 2.07. The van der Waals surface area contributed by atoms with E-state index in [1.165, 1.54) is 14.2 Å². The molecule has 2 heterocycles. The summed E-state index contributed by atoms with van der Waals surface area (Å²) < 4.78 is 84.6. The molecule has 6 unspecified atom stereocenters. The molecular formula is C83H126O20Si4. The van der Waals surface area contributed by atoms with Crippen molar-refractivity contribution in [3.05, 3.63) is 155 Å². The van der Waals surface area contributed by atoms with Crippen LogP contribution in [-0.4, -0.2) is 175 Å². The number of aliphatic hydroxyl groups is 1. The Bertz CT molecular complexity index is 3580. The molecule has 2 aliphatic heterocycles. The zero-order valence-electron chi connectivity index (χ0n) is 68.3. The van der Waals surface area contributed by atoms with Crippen LogP contribution in [0.25, 0.3) is 12.2 Å². The summed E-state index contributed by atoms with van der Waals surface area (Å²) in [6.07, 6.45) is 10.8. The van der Waals surface area contributed by atoms with Gasteiger partial charge in [0.05, 0.1) is 49.3 Å². The summed E-state index contributed by atoms with van der Waals surface area (Å²) in [4.78, 5) is 53.0. The fraction of sp³-hybridized carbons (Fsp3) is 0.566. The van der Waals surface area contributed by atoms with Crippen molar-refractivity contribution in [3.8, 4) is 23.0 Å². The minimum Gasteiger partial charge on any atom is -0.494 e. The molecule has 0 amide bonds. The van der Waals surface area contributed by atoms with E-state index in [-0.39, 0.29) is 53.4 Å². The zero-order chi connectivity index (χ0) is 79.9. The maximum atomic E-state index is 13.9. The Morgan fingerprint density at radius 2 is 0.916 bits per heavy atom. The second kappa shape index (κ2) is 40.9. The minimum atomic E-state index is -2.03. The Hall–Kier alpha value is -6.53. The molecule has 107 heavy (non-hydrogen) atoms. The molecule has 6 rings (SSSR count).